The van der Waals surface area contributed by atoms with E-state index >= 15 is 0 Å². The molecule has 7 heteroatoms. The molecule has 1 aromatic heterocycles. The first-order valence-corrected chi connectivity index (χ1v) is 10.7. The van der Waals surface area contributed by atoms with E-state index in [9.17, 15) is 0 Å². The van der Waals surface area contributed by atoms with Crippen molar-refractivity contribution in [1.82, 2.24) is 20.0 Å². The van der Waals surface area contributed by atoms with Crippen molar-refractivity contribution in [2.45, 2.75) is 26.1 Å². The minimum absolute atomic E-state index is 0.318. The lowest BCUT2D eigenvalue weighted by Crippen LogP contribution is -2.45. The molecule has 0 aliphatic carbocycles. The fourth-order valence-corrected chi connectivity index (χ4v) is 3.91. The van der Waals surface area contributed by atoms with Crippen LogP contribution in [0.1, 0.15) is 18.4 Å². The molecule has 0 radical (unpaired) electrons. The molecule has 0 amide bonds. The van der Waals surface area contributed by atoms with Crippen LogP contribution in [0.15, 0.2) is 59.0 Å². The van der Waals surface area contributed by atoms with E-state index in [-0.39, 0.29) is 0 Å². The average Bonchev–Trinajstić information content (AvgIpc) is 3.23. The summed E-state index contributed by atoms with van der Waals surface area (Å²) in [6.45, 7) is 8.17. The summed E-state index contributed by atoms with van der Waals surface area (Å²) < 4.78 is 11.5. The fourth-order valence-electron chi connectivity index (χ4n) is 3.69. The number of benzene rings is 2. The second-order valence-electron chi connectivity index (χ2n) is 7.63. The van der Waals surface area contributed by atoms with Crippen LogP contribution in [-0.4, -0.2) is 58.9 Å². The van der Waals surface area contributed by atoms with Gasteiger partial charge in [-0.2, -0.15) is 0 Å². The normalized spacial score (nSPS) is 16.1. The van der Waals surface area contributed by atoms with Crippen molar-refractivity contribution in [2.75, 3.05) is 32.8 Å². The molecular formula is C23H27ClN4O2. The lowest BCUT2D eigenvalue weighted by atomic mass is 10.1. The molecule has 1 fully saturated rings. The molecule has 3 aromatic rings. The summed E-state index contributed by atoms with van der Waals surface area (Å²) in [4.78, 5) is 4.84. The van der Waals surface area contributed by atoms with Crippen LogP contribution in [0.5, 0.6) is 0 Å². The Kier molecular flexibility index (Phi) is 7.12. The Morgan fingerprint density at radius 2 is 1.73 bits per heavy atom. The van der Waals surface area contributed by atoms with Gasteiger partial charge in [-0.1, -0.05) is 54.1 Å². The third-order valence-corrected chi connectivity index (χ3v) is 5.72. The topological polar surface area (TPSA) is 54.6 Å². The van der Waals surface area contributed by atoms with Crippen LogP contribution in [0.25, 0.3) is 11.5 Å². The number of halogens is 1. The molecule has 2 heterocycles. The van der Waals surface area contributed by atoms with Crippen LogP contribution in [0.3, 0.4) is 0 Å². The minimum atomic E-state index is 0.318. The van der Waals surface area contributed by atoms with Crippen molar-refractivity contribution in [2.24, 2.45) is 0 Å². The van der Waals surface area contributed by atoms with E-state index in [1.807, 2.05) is 30.3 Å². The molecule has 1 saturated heterocycles. The molecule has 1 unspecified atom stereocenters. The predicted octanol–water partition coefficient (Wildman–Crippen LogP) is 4.11. The van der Waals surface area contributed by atoms with Gasteiger partial charge in [0.25, 0.3) is 0 Å². The fraction of sp³-hybridized carbons (Fsp3) is 0.391. The van der Waals surface area contributed by atoms with Gasteiger partial charge in [-0.3, -0.25) is 9.80 Å². The Bertz CT molecular complexity index is 928. The summed E-state index contributed by atoms with van der Waals surface area (Å²) in [5, 5.41) is 9.13. The number of nitrogens with zero attached hydrogens (tertiary/aromatic N) is 4. The van der Waals surface area contributed by atoms with Gasteiger partial charge in [0.2, 0.25) is 11.8 Å². The van der Waals surface area contributed by atoms with E-state index in [0.29, 0.717) is 29.4 Å². The maximum Gasteiger partial charge on any atom is 0.249 e. The number of rotatable bonds is 8. The number of hydrogen-bond donors (Lipinski definition) is 0. The summed E-state index contributed by atoms with van der Waals surface area (Å²) in [5.74, 6) is 1.05. The van der Waals surface area contributed by atoms with E-state index in [1.54, 1.807) is 0 Å². The van der Waals surface area contributed by atoms with E-state index in [4.69, 9.17) is 20.8 Å². The Morgan fingerprint density at radius 3 is 2.50 bits per heavy atom. The molecule has 4 rings (SSSR count). The highest BCUT2D eigenvalue weighted by atomic mass is 35.5. The number of morpholine rings is 1. The Labute approximate surface area is 182 Å². The van der Waals surface area contributed by atoms with Gasteiger partial charge in [0.05, 0.1) is 30.3 Å². The summed E-state index contributed by atoms with van der Waals surface area (Å²) >= 11 is 6.29. The molecule has 158 valence electrons. The summed E-state index contributed by atoms with van der Waals surface area (Å²) in [5.41, 5.74) is 2.02. The average molecular weight is 427 g/mol. The lowest BCUT2D eigenvalue weighted by molar-refractivity contribution is 0.0216. The highest BCUT2D eigenvalue weighted by Crippen LogP contribution is 2.26. The quantitative estimate of drug-likeness (QED) is 0.540. The van der Waals surface area contributed by atoms with E-state index in [0.717, 1.165) is 45.0 Å². The molecule has 30 heavy (non-hydrogen) atoms. The van der Waals surface area contributed by atoms with Gasteiger partial charge in [0.15, 0.2) is 0 Å². The molecule has 0 bridgehead atoms. The van der Waals surface area contributed by atoms with Crippen LogP contribution in [0, 0.1) is 0 Å². The van der Waals surface area contributed by atoms with Crippen LogP contribution in [0.2, 0.25) is 5.02 Å². The monoisotopic (exact) mass is 426 g/mol. The van der Waals surface area contributed by atoms with E-state index < -0.39 is 0 Å². The van der Waals surface area contributed by atoms with Crippen molar-refractivity contribution in [1.29, 1.82) is 0 Å². The first-order valence-electron chi connectivity index (χ1n) is 10.3. The molecule has 1 aliphatic rings. The zero-order valence-corrected chi connectivity index (χ0v) is 18.0. The Balaban J connectivity index is 1.49. The highest BCUT2D eigenvalue weighted by molar-refractivity contribution is 6.33. The van der Waals surface area contributed by atoms with Crippen molar-refractivity contribution in [3.8, 4) is 11.5 Å². The third kappa shape index (κ3) is 5.46. The Hall–Kier alpha value is -2.25. The zero-order valence-electron chi connectivity index (χ0n) is 17.2. The van der Waals surface area contributed by atoms with Gasteiger partial charge in [0, 0.05) is 32.2 Å². The Morgan fingerprint density at radius 1 is 1.00 bits per heavy atom. The van der Waals surface area contributed by atoms with Crippen LogP contribution in [0.4, 0.5) is 0 Å². The standard InChI is InChI=1S/C23H27ClN4O2/c1-18(15-27-11-13-29-14-12-27)28(16-19-7-3-2-4-8-19)17-22-25-26-23(30-22)20-9-5-6-10-21(20)24/h2-10,18H,11-17H2,1H3. The second kappa shape index (κ2) is 10.2. The van der Waals surface area contributed by atoms with Crippen molar-refractivity contribution >= 4 is 11.6 Å². The van der Waals surface area contributed by atoms with Crippen LogP contribution in [-0.2, 0) is 17.8 Å². The van der Waals surface area contributed by atoms with Crippen molar-refractivity contribution in [3.05, 3.63) is 71.1 Å². The predicted molar refractivity (Wildman–Crippen MR) is 117 cm³/mol. The van der Waals surface area contributed by atoms with Gasteiger partial charge >= 0.3 is 0 Å². The molecule has 6 nitrogen and oxygen atoms in total. The van der Waals surface area contributed by atoms with Crippen molar-refractivity contribution < 1.29 is 9.15 Å². The van der Waals surface area contributed by atoms with Crippen LogP contribution < -0.4 is 0 Å². The molecule has 0 N–H and O–H groups in total. The van der Waals surface area contributed by atoms with E-state index in [2.05, 4.69) is 51.2 Å². The van der Waals surface area contributed by atoms with E-state index in [1.165, 1.54) is 5.56 Å². The number of ether oxygens (including phenoxy) is 1. The smallest absolute Gasteiger partial charge is 0.249 e. The van der Waals surface area contributed by atoms with Gasteiger partial charge < -0.3 is 9.15 Å². The maximum absolute atomic E-state index is 6.29. The largest absolute Gasteiger partial charge is 0.419 e. The summed E-state index contributed by atoms with van der Waals surface area (Å²) in [6, 6.07) is 18.3. The van der Waals surface area contributed by atoms with Gasteiger partial charge in [-0.25, -0.2) is 0 Å². The lowest BCUT2D eigenvalue weighted by Gasteiger charge is -2.34. The molecule has 2 aromatic carbocycles. The highest BCUT2D eigenvalue weighted by Gasteiger charge is 2.22. The van der Waals surface area contributed by atoms with Gasteiger partial charge in [0.1, 0.15) is 0 Å². The molecule has 1 aliphatic heterocycles. The third-order valence-electron chi connectivity index (χ3n) is 5.39. The summed E-state index contributed by atoms with van der Waals surface area (Å²) in [6.07, 6.45) is 0. The maximum atomic E-state index is 6.29. The molecular weight excluding hydrogens is 400 g/mol. The van der Waals surface area contributed by atoms with Crippen LogP contribution >= 0.6 is 11.6 Å². The SMILES string of the molecule is CC(CN1CCOCC1)N(Cc1ccccc1)Cc1nnc(-c2ccccc2Cl)o1. The minimum Gasteiger partial charge on any atom is -0.419 e. The zero-order chi connectivity index (χ0) is 20.8. The number of aromatic nitrogens is 2. The molecule has 1 atom stereocenters. The number of hydrogen-bond acceptors (Lipinski definition) is 6. The molecule has 0 spiro atoms. The first-order chi connectivity index (χ1) is 14.7. The van der Waals surface area contributed by atoms with Gasteiger partial charge in [-0.15, -0.1) is 10.2 Å². The summed E-state index contributed by atoms with van der Waals surface area (Å²) in [7, 11) is 0. The molecule has 0 saturated carbocycles. The van der Waals surface area contributed by atoms with Gasteiger partial charge in [-0.05, 0) is 24.6 Å². The first kappa shape index (κ1) is 21.0. The van der Waals surface area contributed by atoms with Crippen molar-refractivity contribution in [3.63, 3.8) is 0 Å². The second-order valence-corrected chi connectivity index (χ2v) is 8.04.